The smallest absolute Gasteiger partial charge is 0.243 e. The van der Waals surface area contributed by atoms with Gasteiger partial charge in [-0.2, -0.15) is 4.31 Å². The highest BCUT2D eigenvalue weighted by atomic mass is 35.5. The minimum atomic E-state index is -3.63. The van der Waals surface area contributed by atoms with Gasteiger partial charge in [-0.05, 0) is 42.3 Å². The van der Waals surface area contributed by atoms with E-state index in [1.807, 2.05) is 19.1 Å². The van der Waals surface area contributed by atoms with Crippen molar-refractivity contribution in [1.29, 1.82) is 0 Å². The van der Waals surface area contributed by atoms with Crippen LogP contribution in [0.1, 0.15) is 18.1 Å². The number of fused-ring (bicyclic) bond motifs is 1. The fraction of sp³-hybridized carbons (Fsp3) is 0.294. The molecule has 1 aliphatic heterocycles. The molecule has 0 atom stereocenters. The van der Waals surface area contributed by atoms with Crippen molar-refractivity contribution in [3.8, 4) is 11.5 Å². The van der Waals surface area contributed by atoms with Gasteiger partial charge in [-0.3, -0.25) is 0 Å². The summed E-state index contributed by atoms with van der Waals surface area (Å²) in [6, 6.07) is 10.2. The highest BCUT2D eigenvalue weighted by Crippen LogP contribution is 2.33. The predicted octanol–water partition coefficient (Wildman–Crippen LogP) is 3.59. The van der Waals surface area contributed by atoms with Gasteiger partial charge >= 0.3 is 0 Å². The van der Waals surface area contributed by atoms with E-state index >= 15 is 0 Å². The van der Waals surface area contributed by atoms with E-state index in [9.17, 15) is 8.42 Å². The Balaban J connectivity index is 1.88. The fourth-order valence-corrected chi connectivity index (χ4v) is 4.20. The maximum Gasteiger partial charge on any atom is 0.243 e. The normalized spacial score (nSPS) is 13.5. The van der Waals surface area contributed by atoms with Crippen molar-refractivity contribution in [1.82, 2.24) is 4.31 Å². The van der Waals surface area contributed by atoms with Crippen LogP contribution in [0.4, 0.5) is 0 Å². The molecule has 2 aromatic rings. The second kappa shape index (κ2) is 6.63. The number of nitrogens with zero attached hydrogens (tertiary/aromatic N) is 1. The molecular formula is C17H18ClNO4S. The minimum absolute atomic E-state index is 0.191. The van der Waals surface area contributed by atoms with Gasteiger partial charge in [0.25, 0.3) is 0 Å². The molecule has 2 aromatic carbocycles. The molecule has 7 heteroatoms. The quantitative estimate of drug-likeness (QED) is 0.810. The maximum atomic E-state index is 12.9. The number of sulfonamides is 1. The first-order chi connectivity index (χ1) is 11.4. The van der Waals surface area contributed by atoms with Crippen LogP contribution >= 0.6 is 11.6 Å². The largest absolute Gasteiger partial charge is 0.454 e. The first kappa shape index (κ1) is 17.1. The third-order valence-corrected chi connectivity index (χ3v) is 6.25. The lowest BCUT2D eigenvalue weighted by molar-refractivity contribution is 0.174. The zero-order valence-electron chi connectivity index (χ0n) is 13.5. The van der Waals surface area contributed by atoms with Crippen LogP contribution in [0.5, 0.6) is 11.5 Å². The van der Waals surface area contributed by atoms with Gasteiger partial charge in [-0.15, -0.1) is 0 Å². The third-order valence-electron chi connectivity index (χ3n) is 3.93. The SMILES string of the molecule is CCN(Cc1ccc2c(c1)OCO2)S(=O)(=O)c1ccc(C)c(Cl)c1. The number of benzene rings is 2. The molecule has 0 unspecified atom stereocenters. The molecule has 0 N–H and O–H groups in total. The van der Waals surface area contributed by atoms with Crippen LogP contribution < -0.4 is 9.47 Å². The summed E-state index contributed by atoms with van der Waals surface area (Å²) in [5, 5.41) is 0.440. The third kappa shape index (κ3) is 3.22. The van der Waals surface area contributed by atoms with Crippen LogP contribution in [0, 0.1) is 6.92 Å². The lowest BCUT2D eigenvalue weighted by atomic mass is 10.2. The Bertz CT molecular complexity index is 867. The number of ether oxygens (including phenoxy) is 2. The molecule has 3 rings (SSSR count). The van der Waals surface area contributed by atoms with Crippen LogP contribution in [0.3, 0.4) is 0 Å². The summed E-state index contributed by atoms with van der Waals surface area (Å²) in [5.41, 5.74) is 1.68. The van der Waals surface area contributed by atoms with Crippen molar-refractivity contribution in [2.24, 2.45) is 0 Å². The maximum absolute atomic E-state index is 12.9. The van der Waals surface area contributed by atoms with Crippen LogP contribution in [0.2, 0.25) is 5.02 Å². The Kier molecular flexibility index (Phi) is 4.71. The molecule has 0 aromatic heterocycles. The first-order valence-corrected chi connectivity index (χ1v) is 9.38. The molecule has 5 nitrogen and oxygen atoms in total. The molecule has 0 bridgehead atoms. The van der Waals surface area contributed by atoms with E-state index in [2.05, 4.69) is 0 Å². The van der Waals surface area contributed by atoms with Crippen molar-refractivity contribution in [2.45, 2.75) is 25.3 Å². The van der Waals surface area contributed by atoms with Crippen molar-refractivity contribution >= 4 is 21.6 Å². The van der Waals surface area contributed by atoms with E-state index in [0.29, 0.717) is 23.1 Å². The van der Waals surface area contributed by atoms with Gasteiger partial charge in [0.05, 0.1) is 4.90 Å². The lowest BCUT2D eigenvalue weighted by Gasteiger charge is -2.21. The molecular weight excluding hydrogens is 350 g/mol. The number of hydrogen-bond donors (Lipinski definition) is 0. The molecule has 0 saturated heterocycles. The number of aryl methyl sites for hydroxylation is 1. The average molecular weight is 368 g/mol. The summed E-state index contributed by atoms with van der Waals surface area (Å²) >= 11 is 6.08. The van der Waals surface area contributed by atoms with Gasteiger partial charge in [0, 0.05) is 18.1 Å². The van der Waals surface area contributed by atoms with E-state index in [-0.39, 0.29) is 18.2 Å². The Hall–Kier alpha value is -1.76. The second-order valence-corrected chi connectivity index (χ2v) is 7.87. The average Bonchev–Trinajstić information content (AvgIpc) is 3.02. The molecule has 0 spiro atoms. The molecule has 24 heavy (non-hydrogen) atoms. The molecule has 0 amide bonds. The Morgan fingerprint density at radius 2 is 1.88 bits per heavy atom. The monoisotopic (exact) mass is 367 g/mol. The molecule has 1 heterocycles. The topological polar surface area (TPSA) is 55.8 Å². The second-order valence-electron chi connectivity index (χ2n) is 5.53. The minimum Gasteiger partial charge on any atom is -0.454 e. The predicted molar refractivity (Wildman–Crippen MR) is 92.0 cm³/mol. The highest BCUT2D eigenvalue weighted by Gasteiger charge is 2.24. The standard InChI is InChI=1S/C17H18ClNO4S/c1-3-19(10-13-5-7-16-17(8-13)23-11-22-16)24(20,21)14-6-4-12(2)15(18)9-14/h4-9H,3,10-11H2,1-2H3. The molecule has 1 aliphatic rings. The zero-order valence-corrected chi connectivity index (χ0v) is 15.0. The Morgan fingerprint density at radius 1 is 1.12 bits per heavy atom. The summed E-state index contributed by atoms with van der Waals surface area (Å²) in [5.74, 6) is 1.31. The Morgan fingerprint density at radius 3 is 2.58 bits per heavy atom. The van der Waals surface area contributed by atoms with Gasteiger partial charge in [0.2, 0.25) is 16.8 Å². The Labute approximate surface area is 146 Å². The number of halogens is 1. The lowest BCUT2D eigenvalue weighted by Crippen LogP contribution is -2.30. The molecule has 128 valence electrons. The van der Waals surface area contributed by atoms with E-state index in [0.717, 1.165) is 11.1 Å². The van der Waals surface area contributed by atoms with E-state index < -0.39 is 10.0 Å². The van der Waals surface area contributed by atoms with Crippen molar-refractivity contribution in [2.75, 3.05) is 13.3 Å². The van der Waals surface area contributed by atoms with Crippen LogP contribution in [-0.2, 0) is 16.6 Å². The van der Waals surface area contributed by atoms with Crippen LogP contribution in [0.25, 0.3) is 0 Å². The summed E-state index contributed by atoms with van der Waals surface area (Å²) in [7, 11) is -3.63. The van der Waals surface area contributed by atoms with Crippen molar-refractivity contribution in [3.63, 3.8) is 0 Å². The van der Waals surface area contributed by atoms with Gasteiger partial charge in [0.1, 0.15) is 0 Å². The summed E-state index contributed by atoms with van der Waals surface area (Å²) in [6.45, 7) is 4.43. The molecule has 0 fully saturated rings. The molecule has 0 saturated carbocycles. The van der Waals surface area contributed by atoms with Crippen LogP contribution in [-0.4, -0.2) is 26.1 Å². The van der Waals surface area contributed by atoms with Gasteiger partial charge in [-0.1, -0.05) is 30.7 Å². The summed E-state index contributed by atoms with van der Waals surface area (Å²) < 4.78 is 37.8. The summed E-state index contributed by atoms with van der Waals surface area (Å²) in [6.07, 6.45) is 0. The summed E-state index contributed by atoms with van der Waals surface area (Å²) in [4.78, 5) is 0.195. The van der Waals surface area contributed by atoms with E-state index in [4.69, 9.17) is 21.1 Å². The fourth-order valence-electron chi connectivity index (χ4n) is 2.49. The first-order valence-electron chi connectivity index (χ1n) is 7.56. The van der Waals surface area contributed by atoms with E-state index in [1.165, 1.54) is 10.4 Å². The molecule has 0 aliphatic carbocycles. The zero-order chi connectivity index (χ0) is 17.3. The van der Waals surface area contributed by atoms with Gasteiger partial charge in [-0.25, -0.2) is 8.42 Å². The van der Waals surface area contributed by atoms with Crippen molar-refractivity contribution in [3.05, 3.63) is 52.5 Å². The highest BCUT2D eigenvalue weighted by molar-refractivity contribution is 7.89. The number of hydrogen-bond acceptors (Lipinski definition) is 4. The van der Waals surface area contributed by atoms with E-state index in [1.54, 1.807) is 25.1 Å². The van der Waals surface area contributed by atoms with Gasteiger partial charge in [0.15, 0.2) is 11.5 Å². The van der Waals surface area contributed by atoms with Crippen molar-refractivity contribution < 1.29 is 17.9 Å². The number of rotatable bonds is 5. The van der Waals surface area contributed by atoms with Gasteiger partial charge < -0.3 is 9.47 Å². The molecule has 0 radical (unpaired) electrons. The van der Waals surface area contributed by atoms with Crippen LogP contribution in [0.15, 0.2) is 41.3 Å².